The van der Waals surface area contributed by atoms with Gasteiger partial charge in [0.05, 0.1) is 17.5 Å². The molecular weight excluding hydrogens is 338 g/mol. The molecule has 0 unspecified atom stereocenters. The van der Waals surface area contributed by atoms with Crippen molar-refractivity contribution in [1.82, 2.24) is 9.97 Å². The van der Waals surface area contributed by atoms with Crippen LogP contribution in [0.2, 0.25) is 0 Å². The number of rotatable bonds is 1. The van der Waals surface area contributed by atoms with Gasteiger partial charge in [0.15, 0.2) is 0 Å². The van der Waals surface area contributed by atoms with Gasteiger partial charge >= 0.3 is 27.0 Å². The normalized spacial score (nSPS) is 7.45. The molecule has 0 aromatic carbocycles. The van der Waals surface area contributed by atoms with Crippen LogP contribution >= 0.6 is 0 Å². The fraction of sp³-hybridized carbons (Fsp3) is 0.143. The molecule has 3 N–H and O–H groups in total. The van der Waals surface area contributed by atoms with Crippen molar-refractivity contribution in [1.29, 1.82) is 5.26 Å². The van der Waals surface area contributed by atoms with E-state index in [-0.39, 0.29) is 27.0 Å². The van der Waals surface area contributed by atoms with Gasteiger partial charge in [0.25, 0.3) is 0 Å². The zero-order chi connectivity index (χ0) is 14.5. The molecule has 0 aliphatic carbocycles. The summed E-state index contributed by atoms with van der Waals surface area (Å²) in [4.78, 5) is 16.0. The minimum atomic E-state index is -0.333. The smallest absolute Gasteiger partial charge is 0.524 e. The van der Waals surface area contributed by atoms with E-state index in [4.69, 9.17) is 15.2 Å². The second kappa shape index (κ2) is 13.4. The van der Waals surface area contributed by atoms with E-state index in [1.165, 1.54) is 13.8 Å². The number of hydrogen-bond acceptors (Lipinski definition) is 3. The molecule has 2 rings (SSSR count). The minimum Gasteiger partial charge on any atom is -0.524 e. The van der Waals surface area contributed by atoms with Gasteiger partial charge in [0, 0.05) is 19.3 Å². The summed E-state index contributed by atoms with van der Waals surface area (Å²) in [6, 6.07) is 13.3. The van der Waals surface area contributed by atoms with E-state index in [1.807, 2.05) is 36.4 Å². The molecule has 6 heteroatoms. The van der Waals surface area contributed by atoms with Crippen LogP contribution in [0.4, 0.5) is 0 Å². The summed E-state index contributed by atoms with van der Waals surface area (Å²) in [7, 11) is 0. The van der Waals surface area contributed by atoms with E-state index in [1.54, 1.807) is 18.5 Å². The van der Waals surface area contributed by atoms with Crippen LogP contribution in [0, 0.1) is 11.3 Å². The number of carbonyl (C=O) groups excluding carboxylic acids is 1. The molecule has 20 heavy (non-hydrogen) atoms. The van der Waals surface area contributed by atoms with Gasteiger partial charge in [-0.2, -0.15) is 5.26 Å². The molecule has 2 aromatic heterocycles. The third-order valence-electron chi connectivity index (χ3n) is 1.59. The van der Waals surface area contributed by atoms with Crippen molar-refractivity contribution in [3.8, 4) is 17.5 Å². The molecule has 0 saturated heterocycles. The van der Waals surface area contributed by atoms with Crippen LogP contribution < -0.4 is 0 Å². The summed E-state index contributed by atoms with van der Waals surface area (Å²) >= 11 is 0. The number of nitriles is 1. The van der Waals surface area contributed by atoms with E-state index in [0.29, 0.717) is 0 Å². The molecular formula is C14H17MoN3O2+4. The van der Waals surface area contributed by atoms with Crippen molar-refractivity contribution < 1.29 is 31.0 Å². The van der Waals surface area contributed by atoms with Crippen LogP contribution in [0.5, 0.6) is 0 Å². The number of pyridine rings is 2. The Balaban J connectivity index is 0. The Morgan fingerprint density at radius 2 is 1.40 bits per heavy atom. The predicted octanol–water partition coefficient (Wildman–Crippen LogP) is 1.90. The van der Waals surface area contributed by atoms with E-state index in [0.717, 1.165) is 11.4 Å². The average Bonchev–Trinajstić information content (AvgIpc) is 2.41. The van der Waals surface area contributed by atoms with Crippen molar-refractivity contribution in [2.24, 2.45) is 0 Å². The van der Waals surface area contributed by atoms with E-state index < -0.39 is 0 Å². The maximum Gasteiger partial charge on any atom is 2.00 e. The number of hydrogen-bond donors (Lipinski definition) is 0. The molecule has 5 nitrogen and oxygen atoms in total. The monoisotopic (exact) mass is 357 g/mol. The second-order valence-corrected chi connectivity index (χ2v) is 3.24. The Morgan fingerprint density at radius 1 is 1.10 bits per heavy atom. The van der Waals surface area contributed by atoms with Crippen molar-refractivity contribution >= 4 is 5.97 Å². The third-order valence-corrected chi connectivity index (χ3v) is 1.59. The second-order valence-electron chi connectivity index (χ2n) is 3.24. The summed E-state index contributed by atoms with van der Waals surface area (Å²) in [5, 5.41) is 13.4. The third kappa shape index (κ3) is 11.1. The Kier molecular flexibility index (Phi) is 13.6. The first-order valence-electron chi connectivity index (χ1n) is 5.49. The molecule has 0 radical (unpaired) electrons. The summed E-state index contributed by atoms with van der Waals surface area (Å²) < 4.78 is 0. The van der Waals surface area contributed by atoms with Gasteiger partial charge in [-0.3, -0.25) is 9.97 Å². The maximum absolute atomic E-state index is 7.64. The Morgan fingerprint density at radius 3 is 1.60 bits per heavy atom. The molecule has 0 fully saturated rings. The quantitative estimate of drug-likeness (QED) is 0.578. The molecule has 102 valence electrons. The van der Waals surface area contributed by atoms with Gasteiger partial charge in [-0.1, -0.05) is 12.1 Å². The summed E-state index contributed by atoms with van der Waals surface area (Å²) in [5.41, 5.74) is 1.83. The molecule has 0 aliphatic heterocycles. The Hall–Kier alpha value is -2.05. The Labute approximate surface area is 132 Å². The summed E-state index contributed by atoms with van der Waals surface area (Å²) in [6.07, 6.45) is 3.54. The number of aromatic nitrogens is 2. The predicted molar refractivity (Wildman–Crippen MR) is 75.0 cm³/mol. The van der Waals surface area contributed by atoms with Crippen LogP contribution in [0.25, 0.3) is 11.4 Å². The molecule has 0 amide bonds. The van der Waals surface area contributed by atoms with Gasteiger partial charge in [-0.05, 0) is 24.3 Å². The van der Waals surface area contributed by atoms with Crippen molar-refractivity contribution in [3.63, 3.8) is 0 Å². The van der Waals surface area contributed by atoms with Crippen molar-refractivity contribution in [2.75, 3.05) is 0 Å². The first kappa shape index (κ1) is 20.3. The SMILES string of the molecule is CC#N.CC(=[OH+])[OH2+].[Mo+2].c1ccc(-c2ccccn2)nc1. The van der Waals surface area contributed by atoms with Crippen LogP contribution in [0.1, 0.15) is 13.8 Å². The van der Waals surface area contributed by atoms with Crippen molar-refractivity contribution in [3.05, 3.63) is 48.8 Å². The number of nitrogens with zero attached hydrogens (tertiary/aromatic N) is 3. The zero-order valence-corrected chi connectivity index (χ0v) is 13.3. The van der Waals surface area contributed by atoms with Gasteiger partial charge in [-0.25, -0.2) is 4.79 Å². The van der Waals surface area contributed by atoms with Crippen LogP contribution in [-0.2, 0) is 21.1 Å². The Bertz CT molecular complexity index is 471. The largest absolute Gasteiger partial charge is 2.00 e. The molecule has 0 bridgehead atoms. The molecule has 2 aromatic rings. The topological polar surface area (TPSA) is 93.9 Å². The summed E-state index contributed by atoms with van der Waals surface area (Å²) in [6.45, 7) is 2.74. The molecule has 0 saturated carbocycles. The molecule has 0 spiro atoms. The maximum atomic E-state index is 7.64. The van der Waals surface area contributed by atoms with Gasteiger partial charge in [0.2, 0.25) is 0 Å². The van der Waals surface area contributed by atoms with Gasteiger partial charge < -0.3 is 5.11 Å². The van der Waals surface area contributed by atoms with Gasteiger partial charge in [-0.15, -0.1) is 0 Å². The van der Waals surface area contributed by atoms with Crippen LogP contribution in [0.3, 0.4) is 0 Å². The summed E-state index contributed by atoms with van der Waals surface area (Å²) in [5.74, 6) is -0.333. The standard InChI is InChI=1S/C10H8N2.C2H3N.C2H4O2.Mo/c1-3-7-11-9(5-1)10-6-2-4-8-12-10;1-2-3;1-2(3)4;/h1-8H;1H3;1H3,(H,3,4);/q;;;+2/p+2. The minimum absolute atomic E-state index is 0. The van der Waals surface area contributed by atoms with Crippen LogP contribution in [-0.4, -0.2) is 25.8 Å². The molecule has 2 heterocycles. The fourth-order valence-electron chi connectivity index (χ4n) is 1.03. The molecule has 0 atom stereocenters. The molecule has 0 aliphatic rings. The average molecular weight is 355 g/mol. The van der Waals surface area contributed by atoms with Crippen molar-refractivity contribution in [2.45, 2.75) is 13.8 Å². The fourth-order valence-corrected chi connectivity index (χ4v) is 1.03. The van der Waals surface area contributed by atoms with Crippen LogP contribution in [0.15, 0.2) is 48.8 Å². The zero-order valence-electron chi connectivity index (χ0n) is 11.3. The van der Waals surface area contributed by atoms with E-state index >= 15 is 0 Å². The van der Waals surface area contributed by atoms with E-state index in [9.17, 15) is 0 Å². The van der Waals surface area contributed by atoms with E-state index in [2.05, 4.69) is 9.97 Å². The first-order valence-corrected chi connectivity index (χ1v) is 5.49. The first-order chi connectivity index (χ1) is 9.11. The van der Waals surface area contributed by atoms with Gasteiger partial charge in [0.1, 0.15) is 6.92 Å².